The number of hydrogen-bond donors (Lipinski definition) is 0. The molecule has 1 amide bonds. The summed E-state index contributed by atoms with van der Waals surface area (Å²) in [6, 6.07) is 19.6. The van der Waals surface area contributed by atoms with Crippen LogP contribution in [0.25, 0.3) is 21.5 Å². The molecule has 0 bridgehead atoms. The Labute approximate surface area is 172 Å². The molecular weight excluding hydrogens is 384 g/mol. The second-order valence-electron chi connectivity index (χ2n) is 7.04. The van der Waals surface area contributed by atoms with Gasteiger partial charge < -0.3 is 14.3 Å². The summed E-state index contributed by atoms with van der Waals surface area (Å²) in [6.07, 6.45) is 0.890. The number of benzene rings is 2. The van der Waals surface area contributed by atoms with Crippen LogP contribution in [0.5, 0.6) is 0 Å². The smallest absolute Gasteiger partial charge is 0.292 e. The van der Waals surface area contributed by atoms with Gasteiger partial charge in [-0.05, 0) is 18.6 Å². The number of amides is 1. The van der Waals surface area contributed by atoms with E-state index < -0.39 is 0 Å². The van der Waals surface area contributed by atoms with E-state index in [1.54, 1.807) is 17.4 Å². The van der Waals surface area contributed by atoms with Crippen molar-refractivity contribution in [3.63, 3.8) is 0 Å². The Kier molecular flexibility index (Phi) is 4.73. The Morgan fingerprint density at radius 3 is 2.66 bits per heavy atom. The maximum atomic E-state index is 12.9. The lowest BCUT2D eigenvalue weighted by Gasteiger charge is -2.20. The van der Waals surface area contributed by atoms with E-state index in [2.05, 4.69) is 16.1 Å². The Balaban J connectivity index is 1.29. The summed E-state index contributed by atoms with van der Waals surface area (Å²) in [4.78, 5) is 21.8. The van der Waals surface area contributed by atoms with E-state index in [4.69, 9.17) is 9.51 Å². The van der Waals surface area contributed by atoms with Gasteiger partial charge in [0.05, 0.1) is 10.2 Å². The van der Waals surface area contributed by atoms with Crippen molar-refractivity contribution in [1.82, 2.24) is 15.0 Å². The van der Waals surface area contributed by atoms with Crippen molar-refractivity contribution in [3.8, 4) is 11.3 Å². The fourth-order valence-corrected chi connectivity index (χ4v) is 4.60. The summed E-state index contributed by atoms with van der Waals surface area (Å²) in [5.74, 6) is 0.183. The van der Waals surface area contributed by atoms with Crippen LogP contribution < -0.4 is 4.90 Å². The third kappa shape index (κ3) is 3.61. The van der Waals surface area contributed by atoms with E-state index in [1.807, 2.05) is 53.4 Å². The Morgan fingerprint density at radius 1 is 0.966 bits per heavy atom. The standard InChI is InChI=1S/C22H20N4O2S/c27-21(19-15-18(24-28-19)16-7-2-1-3-8-16)25-11-6-12-26(14-13-25)22-23-17-9-4-5-10-20(17)29-22/h1-5,7-10,15H,6,11-14H2. The molecule has 1 fully saturated rings. The van der Waals surface area contributed by atoms with E-state index in [0.717, 1.165) is 35.7 Å². The fraction of sp³-hybridized carbons (Fsp3) is 0.227. The summed E-state index contributed by atoms with van der Waals surface area (Å²) < 4.78 is 6.55. The number of hydrogen-bond acceptors (Lipinski definition) is 6. The zero-order valence-electron chi connectivity index (χ0n) is 15.8. The number of nitrogens with zero attached hydrogens (tertiary/aromatic N) is 4. The fourth-order valence-electron chi connectivity index (χ4n) is 3.58. The number of para-hydroxylation sites is 1. The van der Waals surface area contributed by atoms with E-state index in [1.165, 1.54) is 4.70 Å². The molecule has 4 aromatic rings. The topological polar surface area (TPSA) is 62.5 Å². The van der Waals surface area contributed by atoms with E-state index in [0.29, 0.717) is 18.8 Å². The summed E-state index contributed by atoms with van der Waals surface area (Å²) in [7, 11) is 0. The Hall–Kier alpha value is -3.19. The third-order valence-electron chi connectivity index (χ3n) is 5.13. The highest BCUT2D eigenvalue weighted by Crippen LogP contribution is 2.29. The van der Waals surface area contributed by atoms with Gasteiger partial charge in [0.1, 0.15) is 5.69 Å². The summed E-state index contributed by atoms with van der Waals surface area (Å²) >= 11 is 1.70. The van der Waals surface area contributed by atoms with Crippen LogP contribution in [0.3, 0.4) is 0 Å². The van der Waals surface area contributed by atoms with Gasteiger partial charge in [-0.15, -0.1) is 0 Å². The molecule has 0 unspecified atom stereocenters. The third-order valence-corrected chi connectivity index (χ3v) is 6.22. The SMILES string of the molecule is O=C(c1cc(-c2ccccc2)no1)N1CCCN(c2nc3ccccc3s2)CC1. The molecule has 7 heteroatoms. The summed E-state index contributed by atoms with van der Waals surface area (Å²) in [5, 5.41) is 5.09. The minimum atomic E-state index is -0.106. The molecule has 0 N–H and O–H groups in total. The first-order valence-electron chi connectivity index (χ1n) is 9.70. The number of carbonyl (C=O) groups is 1. The molecule has 2 aromatic heterocycles. The van der Waals surface area contributed by atoms with Crippen LogP contribution in [0.15, 0.2) is 65.2 Å². The second kappa shape index (κ2) is 7.67. The van der Waals surface area contributed by atoms with Gasteiger partial charge in [0.15, 0.2) is 5.13 Å². The van der Waals surface area contributed by atoms with E-state index in [9.17, 15) is 4.79 Å². The molecule has 0 saturated carbocycles. The van der Waals surface area contributed by atoms with Crippen LogP contribution in [-0.4, -0.2) is 47.1 Å². The maximum Gasteiger partial charge on any atom is 0.292 e. The first kappa shape index (κ1) is 17.9. The number of fused-ring (bicyclic) bond motifs is 1. The Morgan fingerprint density at radius 2 is 1.79 bits per heavy atom. The molecule has 0 spiro atoms. The lowest BCUT2D eigenvalue weighted by atomic mass is 10.1. The quantitative estimate of drug-likeness (QED) is 0.509. The van der Waals surface area contributed by atoms with Gasteiger partial charge >= 0.3 is 0 Å². The van der Waals surface area contributed by atoms with Crippen molar-refractivity contribution < 1.29 is 9.32 Å². The lowest BCUT2D eigenvalue weighted by molar-refractivity contribution is 0.0725. The molecule has 1 aliphatic heterocycles. The molecule has 0 atom stereocenters. The van der Waals surface area contributed by atoms with Gasteiger partial charge in [0, 0.05) is 37.8 Å². The first-order valence-corrected chi connectivity index (χ1v) is 10.5. The molecule has 6 nitrogen and oxygen atoms in total. The average molecular weight is 404 g/mol. The van der Waals surface area contributed by atoms with Gasteiger partial charge in [-0.25, -0.2) is 4.98 Å². The minimum Gasteiger partial charge on any atom is -0.350 e. The zero-order valence-corrected chi connectivity index (χ0v) is 16.6. The van der Waals surface area contributed by atoms with Crippen molar-refractivity contribution in [1.29, 1.82) is 0 Å². The van der Waals surface area contributed by atoms with Crippen LogP contribution in [0, 0.1) is 0 Å². The monoisotopic (exact) mass is 404 g/mol. The molecule has 2 aromatic carbocycles. The van der Waals surface area contributed by atoms with Gasteiger partial charge in [0.2, 0.25) is 5.76 Å². The molecular formula is C22H20N4O2S. The molecule has 0 radical (unpaired) electrons. The highest BCUT2D eigenvalue weighted by atomic mass is 32.1. The van der Waals surface area contributed by atoms with Crippen LogP contribution in [0.1, 0.15) is 17.0 Å². The van der Waals surface area contributed by atoms with Crippen LogP contribution >= 0.6 is 11.3 Å². The van der Waals surface area contributed by atoms with Crippen molar-refractivity contribution in [2.24, 2.45) is 0 Å². The average Bonchev–Trinajstić information content (AvgIpc) is 3.35. The van der Waals surface area contributed by atoms with Crippen molar-refractivity contribution >= 4 is 32.6 Å². The number of carbonyl (C=O) groups excluding carboxylic acids is 1. The molecule has 146 valence electrons. The second-order valence-corrected chi connectivity index (χ2v) is 8.05. The van der Waals surface area contributed by atoms with Gasteiger partial charge in [-0.3, -0.25) is 4.79 Å². The normalized spacial score (nSPS) is 14.9. The molecule has 29 heavy (non-hydrogen) atoms. The maximum absolute atomic E-state index is 12.9. The molecule has 5 rings (SSSR count). The van der Waals surface area contributed by atoms with E-state index >= 15 is 0 Å². The number of rotatable bonds is 3. The number of aromatic nitrogens is 2. The highest BCUT2D eigenvalue weighted by Gasteiger charge is 2.25. The Bertz CT molecular complexity index is 1100. The summed E-state index contributed by atoms with van der Waals surface area (Å²) in [6.45, 7) is 2.97. The zero-order chi connectivity index (χ0) is 19.6. The highest BCUT2D eigenvalue weighted by molar-refractivity contribution is 7.22. The summed E-state index contributed by atoms with van der Waals surface area (Å²) in [5.41, 5.74) is 2.65. The van der Waals surface area contributed by atoms with Gasteiger partial charge in [-0.2, -0.15) is 0 Å². The van der Waals surface area contributed by atoms with Gasteiger partial charge in [-0.1, -0.05) is 59.0 Å². The van der Waals surface area contributed by atoms with Crippen LogP contribution in [0.4, 0.5) is 5.13 Å². The van der Waals surface area contributed by atoms with Crippen molar-refractivity contribution in [3.05, 3.63) is 66.4 Å². The number of thiazole rings is 1. The van der Waals surface area contributed by atoms with E-state index in [-0.39, 0.29) is 11.7 Å². The van der Waals surface area contributed by atoms with Crippen molar-refractivity contribution in [2.45, 2.75) is 6.42 Å². The van der Waals surface area contributed by atoms with Crippen molar-refractivity contribution in [2.75, 3.05) is 31.1 Å². The molecule has 3 heterocycles. The van der Waals surface area contributed by atoms with Gasteiger partial charge in [0.25, 0.3) is 5.91 Å². The lowest BCUT2D eigenvalue weighted by Crippen LogP contribution is -2.35. The van der Waals surface area contributed by atoms with Crippen LogP contribution in [-0.2, 0) is 0 Å². The predicted octanol–water partition coefficient (Wildman–Crippen LogP) is 4.30. The van der Waals surface area contributed by atoms with Crippen LogP contribution in [0.2, 0.25) is 0 Å². The molecule has 1 saturated heterocycles. The largest absolute Gasteiger partial charge is 0.350 e. The molecule has 1 aliphatic rings. The minimum absolute atomic E-state index is 0.106. The predicted molar refractivity (Wildman–Crippen MR) is 114 cm³/mol. The first-order chi connectivity index (χ1) is 14.3. The number of anilines is 1. The molecule has 0 aliphatic carbocycles.